The maximum absolute atomic E-state index is 12.8. The molecule has 3 N–H and O–H groups in total. The molecule has 0 aromatic heterocycles. The van der Waals surface area contributed by atoms with Gasteiger partial charge in [0.15, 0.2) is 6.04 Å². The van der Waals surface area contributed by atoms with Crippen molar-refractivity contribution < 1.29 is 33.7 Å². The molecule has 2 aromatic carbocycles. The molecule has 1 aliphatic rings. The zero-order chi connectivity index (χ0) is 25.6. The van der Waals surface area contributed by atoms with Gasteiger partial charge in [-0.2, -0.15) is 0 Å². The van der Waals surface area contributed by atoms with Crippen molar-refractivity contribution in [3.05, 3.63) is 59.7 Å². The molecule has 1 unspecified atom stereocenters. The normalized spacial score (nSPS) is 14.4. The number of carboxylic acids is 1. The number of ether oxygens (including phenoxy) is 3. The number of carbonyl (C=O) groups is 3. The number of rotatable bonds is 10. The van der Waals surface area contributed by atoms with Crippen molar-refractivity contribution in [2.45, 2.75) is 44.4 Å². The number of carbonyl (C=O) groups excluding carboxylic acids is 2. The number of benzene rings is 2. The van der Waals surface area contributed by atoms with Gasteiger partial charge in [0, 0.05) is 13.0 Å². The molecule has 0 fully saturated rings. The Hall–Kier alpha value is -3.43. The largest absolute Gasteiger partial charge is 0.480 e. The van der Waals surface area contributed by atoms with Crippen LogP contribution < -0.4 is 10.6 Å². The van der Waals surface area contributed by atoms with E-state index in [2.05, 4.69) is 10.6 Å². The van der Waals surface area contributed by atoms with Crippen molar-refractivity contribution in [2.24, 2.45) is 0 Å². The number of carboxylic acid groups (broad SMARTS) is 1. The number of aliphatic carboxylic acids is 1. The predicted octanol–water partition coefficient (Wildman–Crippen LogP) is 2.92. The third-order valence-electron chi connectivity index (χ3n) is 5.58. The van der Waals surface area contributed by atoms with Gasteiger partial charge in [-0.3, -0.25) is 4.79 Å². The van der Waals surface area contributed by atoms with Crippen molar-refractivity contribution >= 4 is 18.0 Å². The second-order valence-electron chi connectivity index (χ2n) is 9.30. The number of methoxy groups -OCH3 is 1. The highest BCUT2D eigenvalue weighted by atomic mass is 16.5. The first-order valence-corrected chi connectivity index (χ1v) is 11.4. The third kappa shape index (κ3) is 6.80. The van der Waals surface area contributed by atoms with E-state index in [-0.39, 0.29) is 25.7 Å². The van der Waals surface area contributed by atoms with Crippen molar-refractivity contribution in [1.29, 1.82) is 0 Å². The second-order valence-corrected chi connectivity index (χ2v) is 9.30. The summed E-state index contributed by atoms with van der Waals surface area (Å²) in [6.45, 7) is 5.11. The first-order valence-electron chi connectivity index (χ1n) is 11.4. The summed E-state index contributed by atoms with van der Waals surface area (Å²) in [7, 11) is 1.33. The number of hydrogen-bond acceptors (Lipinski definition) is 6. The first-order chi connectivity index (χ1) is 16.6. The minimum absolute atomic E-state index is 0.0791. The van der Waals surface area contributed by atoms with Crippen LogP contribution in [-0.2, 0) is 23.8 Å². The summed E-state index contributed by atoms with van der Waals surface area (Å²) >= 11 is 0. The predicted molar refractivity (Wildman–Crippen MR) is 129 cm³/mol. The highest BCUT2D eigenvalue weighted by Gasteiger charge is 2.31. The van der Waals surface area contributed by atoms with Gasteiger partial charge in [-0.25, -0.2) is 9.59 Å². The van der Waals surface area contributed by atoms with E-state index in [0.29, 0.717) is 0 Å². The van der Waals surface area contributed by atoms with Crippen molar-refractivity contribution in [1.82, 2.24) is 10.6 Å². The summed E-state index contributed by atoms with van der Waals surface area (Å²) in [6, 6.07) is 13.5. The standard InChI is InChI=1S/C26H32N2O7/c1-26(2,3)35-15-21(23(29)27-22(14-33-4)24(30)31)28-25(32)34-13-20-18-11-7-5-9-16(18)17-10-6-8-12-19(17)20/h5-12,20-22H,13-15H2,1-4H3,(H,27,29)(H,28,32)(H,30,31)/t21-,22?/m0/s1. The lowest BCUT2D eigenvalue weighted by Crippen LogP contribution is -2.55. The molecule has 0 radical (unpaired) electrons. The molecule has 1 aliphatic carbocycles. The minimum atomic E-state index is -1.27. The number of hydrogen-bond donors (Lipinski definition) is 3. The molecule has 9 nitrogen and oxygen atoms in total. The highest BCUT2D eigenvalue weighted by molar-refractivity contribution is 5.89. The van der Waals surface area contributed by atoms with E-state index in [0.717, 1.165) is 22.3 Å². The van der Waals surface area contributed by atoms with Gasteiger partial charge in [-0.05, 0) is 43.0 Å². The molecular weight excluding hydrogens is 452 g/mol. The van der Waals surface area contributed by atoms with Crippen LogP contribution in [0.2, 0.25) is 0 Å². The Labute approximate surface area is 204 Å². The third-order valence-corrected chi connectivity index (χ3v) is 5.58. The van der Waals surface area contributed by atoms with Crippen molar-refractivity contribution in [2.75, 3.05) is 26.9 Å². The van der Waals surface area contributed by atoms with E-state index >= 15 is 0 Å². The van der Waals surface area contributed by atoms with E-state index in [9.17, 15) is 19.5 Å². The summed E-state index contributed by atoms with van der Waals surface area (Å²) in [5.41, 5.74) is 3.75. The summed E-state index contributed by atoms with van der Waals surface area (Å²) in [4.78, 5) is 36.9. The van der Waals surface area contributed by atoms with Gasteiger partial charge in [0.05, 0.1) is 18.8 Å². The van der Waals surface area contributed by atoms with Crippen LogP contribution >= 0.6 is 0 Å². The molecule has 9 heteroatoms. The topological polar surface area (TPSA) is 123 Å². The maximum Gasteiger partial charge on any atom is 0.407 e. The number of nitrogens with one attached hydrogen (secondary N) is 2. The van der Waals surface area contributed by atoms with E-state index in [1.54, 1.807) is 20.8 Å². The smallest absolute Gasteiger partial charge is 0.407 e. The van der Waals surface area contributed by atoms with Gasteiger partial charge >= 0.3 is 12.1 Å². The lowest BCUT2D eigenvalue weighted by Gasteiger charge is -2.25. The van der Waals surface area contributed by atoms with E-state index in [1.807, 2.05) is 48.5 Å². The van der Waals surface area contributed by atoms with Crippen LogP contribution in [0.4, 0.5) is 4.79 Å². The molecule has 3 rings (SSSR count). The molecule has 0 bridgehead atoms. The molecular formula is C26H32N2O7. The molecule has 2 amide bonds. The highest BCUT2D eigenvalue weighted by Crippen LogP contribution is 2.44. The minimum Gasteiger partial charge on any atom is -0.480 e. The Kier molecular flexibility index (Phi) is 8.48. The Bertz CT molecular complexity index is 1020. The SMILES string of the molecule is COCC(NC(=O)[C@H](COC(C)(C)C)NC(=O)OCC1c2ccccc2-c2ccccc21)C(=O)O. The Morgan fingerprint density at radius 2 is 1.49 bits per heavy atom. The lowest BCUT2D eigenvalue weighted by atomic mass is 9.98. The first kappa shape index (κ1) is 26.2. The molecule has 35 heavy (non-hydrogen) atoms. The zero-order valence-corrected chi connectivity index (χ0v) is 20.4. The summed E-state index contributed by atoms with van der Waals surface area (Å²) < 4.78 is 16.1. The fourth-order valence-electron chi connectivity index (χ4n) is 3.91. The molecule has 2 atom stereocenters. The summed E-state index contributed by atoms with van der Waals surface area (Å²) in [5, 5.41) is 14.2. The van der Waals surface area contributed by atoms with Crippen LogP contribution in [0.1, 0.15) is 37.8 Å². The number of alkyl carbamates (subject to hydrolysis) is 1. The van der Waals surface area contributed by atoms with E-state index < -0.39 is 35.7 Å². The molecule has 188 valence electrons. The summed E-state index contributed by atoms with van der Waals surface area (Å²) in [6.07, 6.45) is -0.803. The van der Waals surface area contributed by atoms with Crippen molar-refractivity contribution in [3.63, 3.8) is 0 Å². The van der Waals surface area contributed by atoms with Gasteiger partial charge in [0.25, 0.3) is 0 Å². The van der Waals surface area contributed by atoms with Crippen LogP contribution in [0.5, 0.6) is 0 Å². The molecule has 0 heterocycles. The van der Waals surface area contributed by atoms with Gasteiger partial charge in [0.1, 0.15) is 12.6 Å². The van der Waals surface area contributed by atoms with Gasteiger partial charge in [-0.1, -0.05) is 48.5 Å². The Morgan fingerprint density at radius 1 is 0.914 bits per heavy atom. The lowest BCUT2D eigenvalue weighted by molar-refractivity contribution is -0.144. The molecule has 0 aliphatic heterocycles. The molecule has 0 saturated carbocycles. The fraction of sp³-hybridized carbons (Fsp3) is 0.423. The fourth-order valence-corrected chi connectivity index (χ4v) is 3.91. The van der Waals surface area contributed by atoms with Crippen LogP contribution in [0.3, 0.4) is 0 Å². The van der Waals surface area contributed by atoms with Gasteiger partial charge < -0.3 is 30.0 Å². The maximum atomic E-state index is 12.8. The molecule has 0 spiro atoms. The van der Waals surface area contributed by atoms with Crippen molar-refractivity contribution in [3.8, 4) is 11.1 Å². The summed E-state index contributed by atoms with van der Waals surface area (Å²) in [5.74, 6) is -2.10. The van der Waals surface area contributed by atoms with E-state index in [1.165, 1.54) is 7.11 Å². The number of amides is 2. The average Bonchev–Trinajstić information content (AvgIpc) is 3.13. The molecule has 0 saturated heterocycles. The number of fused-ring (bicyclic) bond motifs is 3. The van der Waals surface area contributed by atoms with Crippen LogP contribution in [-0.4, -0.2) is 67.7 Å². The van der Waals surface area contributed by atoms with Gasteiger partial charge in [-0.15, -0.1) is 0 Å². The van der Waals surface area contributed by atoms with Crippen LogP contribution in [0, 0.1) is 0 Å². The quantitative estimate of drug-likeness (QED) is 0.474. The second kappa shape index (κ2) is 11.3. The van der Waals surface area contributed by atoms with Crippen LogP contribution in [0.25, 0.3) is 11.1 Å². The Balaban J connectivity index is 1.68. The molecule has 2 aromatic rings. The Morgan fingerprint density at radius 3 is 2.00 bits per heavy atom. The van der Waals surface area contributed by atoms with Gasteiger partial charge in [0.2, 0.25) is 5.91 Å². The van der Waals surface area contributed by atoms with E-state index in [4.69, 9.17) is 14.2 Å². The zero-order valence-electron chi connectivity index (χ0n) is 20.4. The van der Waals surface area contributed by atoms with Crippen LogP contribution in [0.15, 0.2) is 48.5 Å². The monoisotopic (exact) mass is 484 g/mol. The average molecular weight is 485 g/mol.